The largest absolute Gasteiger partial charge is 0.478 e. The van der Waals surface area contributed by atoms with Gasteiger partial charge in [-0.05, 0) is 24.6 Å². The summed E-state index contributed by atoms with van der Waals surface area (Å²) in [4.78, 5) is 10.9. The maximum Gasteiger partial charge on any atom is 0.337 e. The molecule has 3 N–H and O–H groups in total. The molecular formula is C13H16N2O4S. The Hall–Kier alpha value is -2.04. The molecule has 0 aliphatic heterocycles. The van der Waals surface area contributed by atoms with Gasteiger partial charge in [0.2, 0.25) is 10.0 Å². The van der Waals surface area contributed by atoms with Gasteiger partial charge in [0.25, 0.3) is 0 Å². The molecule has 0 saturated carbocycles. The van der Waals surface area contributed by atoms with Crippen molar-refractivity contribution in [1.29, 1.82) is 0 Å². The summed E-state index contributed by atoms with van der Waals surface area (Å²) in [6.45, 7) is 1.91. The maximum atomic E-state index is 12.5. The molecule has 108 valence electrons. The van der Waals surface area contributed by atoms with Gasteiger partial charge in [-0.15, -0.1) is 6.42 Å². The number of carboxylic acid groups (broad SMARTS) is 1. The molecule has 0 saturated heterocycles. The number of anilines is 1. The molecule has 1 aromatic rings. The summed E-state index contributed by atoms with van der Waals surface area (Å²) in [5.74, 6) is 0.910. The van der Waals surface area contributed by atoms with Gasteiger partial charge in [-0.25, -0.2) is 13.2 Å². The number of carbonyl (C=O) groups is 1. The van der Waals surface area contributed by atoms with Crippen LogP contribution in [0.1, 0.15) is 23.7 Å². The number of carboxylic acids is 1. The van der Waals surface area contributed by atoms with Crippen LogP contribution in [0.4, 0.5) is 5.69 Å². The standard InChI is InChI=1S/C13H16N2O4S/c1-3-7-15(8-4-2)20(18,19)12-6-5-10(14)9-11(12)13(16)17/h1,5-6,9H,4,7-8,14H2,2H3,(H,16,17). The number of aromatic carboxylic acids is 1. The number of hydrogen-bond donors (Lipinski definition) is 2. The Balaban J connectivity index is 3.41. The molecule has 0 unspecified atom stereocenters. The smallest absolute Gasteiger partial charge is 0.337 e. The monoisotopic (exact) mass is 296 g/mol. The number of sulfonamides is 1. The van der Waals surface area contributed by atoms with E-state index in [1.807, 2.05) is 0 Å². The highest BCUT2D eigenvalue weighted by Gasteiger charge is 2.28. The van der Waals surface area contributed by atoms with Crippen LogP contribution in [0.5, 0.6) is 0 Å². The first-order valence-corrected chi connectivity index (χ1v) is 7.35. The molecule has 6 nitrogen and oxygen atoms in total. The van der Waals surface area contributed by atoms with Crippen LogP contribution in [-0.2, 0) is 10.0 Å². The molecule has 0 atom stereocenters. The van der Waals surface area contributed by atoms with Crippen molar-refractivity contribution in [3.05, 3.63) is 23.8 Å². The number of rotatable bonds is 6. The van der Waals surface area contributed by atoms with Gasteiger partial charge in [0.1, 0.15) is 0 Å². The summed E-state index contributed by atoms with van der Waals surface area (Å²) in [5.41, 5.74) is 5.32. The summed E-state index contributed by atoms with van der Waals surface area (Å²) in [5, 5.41) is 9.12. The lowest BCUT2D eigenvalue weighted by Gasteiger charge is -2.20. The molecule has 7 heteroatoms. The number of nitrogen functional groups attached to an aromatic ring is 1. The molecule has 0 aliphatic carbocycles. The van der Waals surface area contributed by atoms with Gasteiger partial charge in [-0.1, -0.05) is 12.8 Å². The molecule has 1 aromatic carbocycles. The Morgan fingerprint density at radius 2 is 2.15 bits per heavy atom. The summed E-state index contributed by atoms with van der Waals surface area (Å²) < 4.78 is 26.0. The van der Waals surface area contributed by atoms with Crippen molar-refractivity contribution < 1.29 is 18.3 Å². The summed E-state index contributed by atoms with van der Waals surface area (Å²) >= 11 is 0. The van der Waals surface area contributed by atoms with Crippen molar-refractivity contribution in [3.8, 4) is 12.3 Å². The van der Waals surface area contributed by atoms with Gasteiger partial charge in [0.15, 0.2) is 0 Å². The second kappa shape index (κ2) is 6.41. The predicted molar refractivity (Wildman–Crippen MR) is 75.7 cm³/mol. The molecule has 0 aliphatic rings. The molecule has 1 rings (SSSR count). The number of hydrogen-bond acceptors (Lipinski definition) is 4. The second-order valence-electron chi connectivity index (χ2n) is 4.10. The van der Waals surface area contributed by atoms with Crippen LogP contribution in [-0.4, -0.2) is 36.9 Å². The van der Waals surface area contributed by atoms with Crippen LogP contribution in [0.15, 0.2) is 23.1 Å². The Kier molecular flexibility index (Phi) is 5.13. The Bertz CT molecular complexity index is 647. The van der Waals surface area contributed by atoms with Crippen LogP contribution in [0.25, 0.3) is 0 Å². The van der Waals surface area contributed by atoms with Gasteiger partial charge in [-0.2, -0.15) is 4.31 Å². The van der Waals surface area contributed by atoms with E-state index >= 15 is 0 Å². The molecule has 0 bridgehead atoms. The van der Waals surface area contributed by atoms with Gasteiger partial charge in [-0.3, -0.25) is 0 Å². The van der Waals surface area contributed by atoms with Gasteiger partial charge >= 0.3 is 5.97 Å². The minimum absolute atomic E-state index is 0.111. The van der Waals surface area contributed by atoms with Gasteiger partial charge < -0.3 is 10.8 Å². The zero-order valence-electron chi connectivity index (χ0n) is 11.0. The third-order valence-electron chi connectivity index (χ3n) is 2.59. The fourth-order valence-corrected chi connectivity index (χ4v) is 3.32. The zero-order chi connectivity index (χ0) is 15.3. The van der Waals surface area contributed by atoms with E-state index in [1.165, 1.54) is 12.1 Å². The molecule has 0 amide bonds. The first-order chi connectivity index (χ1) is 9.34. The van der Waals surface area contributed by atoms with E-state index in [2.05, 4.69) is 5.92 Å². The van der Waals surface area contributed by atoms with Crippen LogP contribution in [0.2, 0.25) is 0 Å². The molecule has 0 radical (unpaired) electrons. The number of terminal acetylenes is 1. The van der Waals surface area contributed by atoms with Crippen LogP contribution < -0.4 is 5.73 Å². The van der Waals surface area contributed by atoms with Crippen molar-refractivity contribution in [3.63, 3.8) is 0 Å². The Morgan fingerprint density at radius 1 is 1.50 bits per heavy atom. The highest BCUT2D eigenvalue weighted by molar-refractivity contribution is 7.89. The third-order valence-corrected chi connectivity index (χ3v) is 4.50. The van der Waals surface area contributed by atoms with E-state index in [-0.39, 0.29) is 29.2 Å². The van der Waals surface area contributed by atoms with Crippen molar-refractivity contribution in [1.82, 2.24) is 4.31 Å². The maximum absolute atomic E-state index is 12.5. The molecular weight excluding hydrogens is 280 g/mol. The molecule has 20 heavy (non-hydrogen) atoms. The topological polar surface area (TPSA) is 101 Å². The van der Waals surface area contributed by atoms with Crippen molar-refractivity contribution in [2.45, 2.75) is 18.2 Å². The number of nitrogens with two attached hydrogens (primary N) is 1. The second-order valence-corrected chi connectivity index (χ2v) is 6.01. The van der Waals surface area contributed by atoms with E-state index in [9.17, 15) is 13.2 Å². The van der Waals surface area contributed by atoms with Gasteiger partial charge in [0, 0.05) is 12.2 Å². The average molecular weight is 296 g/mol. The minimum atomic E-state index is -3.96. The molecule has 0 aromatic heterocycles. The van der Waals surface area contributed by atoms with Crippen LogP contribution in [0, 0.1) is 12.3 Å². The van der Waals surface area contributed by atoms with E-state index in [0.29, 0.717) is 6.42 Å². The minimum Gasteiger partial charge on any atom is -0.478 e. The molecule has 0 fully saturated rings. The highest BCUT2D eigenvalue weighted by atomic mass is 32.2. The summed E-state index contributed by atoms with van der Waals surface area (Å²) in [6.07, 6.45) is 5.73. The first-order valence-electron chi connectivity index (χ1n) is 5.91. The van der Waals surface area contributed by atoms with Gasteiger partial charge in [0.05, 0.1) is 17.0 Å². The van der Waals surface area contributed by atoms with E-state index in [4.69, 9.17) is 17.3 Å². The predicted octanol–water partition coefficient (Wildman–Crippen LogP) is 1.00. The Labute approximate surface area is 118 Å². The third kappa shape index (κ3) is 3.29. The molecule has 0 spiro atoms. The lowest BCUT2D eigenvalue weighted by atomic mass is 10.2. The SMILES string of the molecule is C#CCN(CCC)S(=O)(=O)c1ccc(N)cc1C(=O)O. The highest BCUT2D eigenvalue weighted by Crippen LogP contribution is 2.22. The average Bonchev–Trinajstić information content (AvgIpc) is 2.38. The van der Waals surface area contributed by atoms with E-state index in [0.717, 1.165) is 10.4 Å². The normalized spacial score (nSPS) is 11.2. The van der Waals surface area contributed by atoms with Crippen LogP contribution in [0.3, 0.4) is 0 Å². The number of benzene rings is 1. The lowest BCUT2D eigenvalue weighted by Crippen LogP contribution is -2.33. The summed E-state index contributed by atoms with van der Waals surface area (Å²) in [7, 11) is -3.96. The zero-order valence-corrected chi connectivity index (χ0v) is 11.9. The van der Waals surface area contributed by atoms with Crippen LogP contribution >= 0.6 is 0 Å². The van der Waals surface area contributed by atoms with Crippen molar-refractivity contribution in [2.24, 2.45) is 0 Å². The van der Waals surface area contributed by atoms with E-state index < -0.39 is 16.0 Å². The molecule has 0 heterocycles. The van der Waals surface area contributed by atoms with Crippen molar-refractivity contribution >= 4 is 21.7 Å². The lowest BCUT2D eigenvalue weighted by molar-refractivity contribution is 0.0692. The first kappa shape index (κ1) is 16.0. The fraction of sp³-hybridized carbons (Fsp3) is 0.308. The number of nitrogens with zero attached hydrogens (tertiary/aromatic N) is 1. The van der Waals surface area contributed by atoms with Crippen molar-refractivity contribution in [2.75, 3.05) is 18.8 Å². The van der Waals surface area contributed by atoms with E-state index in [1.54, 1.807) is 6.92 Å². The quantitative estimate of drug-likeness (QED) is 0.602. The fourth-order valence-electron chi connectivity index (χ4n) is 1.71. The summed E-state index contributed by atoms with van der Waals surface area (Å²) in [6, 6.07) is 3.65. The Morgan fingerprint density at radius 3 is 2.65 bits per heavy atom.